The van der Waals surface area contributed by atoms with Gasteiger partial charge in [0.25, 0.3) is 0 Å². The first-order valence-corrected chi connectivity index (χ1v) is 5.45. The standard InChI is InChI=1S/C11H17N3O3/c1-4-9-8(6-14(3)13-9)10(5-11(16)17)12-7(2)15/h6,10H,4-5H2,1-3H3,(H,12,15)(H,16,17)/t10-/m1/s1. The summed E-state index contributed by atoms with van der Waals surface area (Å²) in [6, 6.07) is -0.520. The molecule has 0 saturated heterocycles. The number of carboxylic acid groups (broad SMARTS) is 1. The number of carboxylic acids is 1. The second-order valence-corrected chi connectivity index (χ2v) is 3.91. The lowest BCUT2D eigenvalue weighted by Crippen LogP contribution is -2.28. The highest BCUT2D eigenvalue weighted by Crippen LogP contribution is 2.20. The molecule has 17 heavy (non-hydrogen) atoms. The van der Waals surface area contributed by atoms with Gasteiger partial charge in [-0.25, -0.2) is 0 Å². The van der Waals surface area contributed by atoms with Crippen molar-refractivity contribution in [2.75, 3.05) is 0 Å². The van der Waals surface area contributed by atoms with Gasteiger partial charge in [0.05, 0.1) is 18.2 Å². The molecule has 0 aliphatic heterocycles. The maximum absolute atomic E-state index is 11.1. The molecule has 6 heteroatoms. The number of carbonyl (C=O) groups excluding carboxylic acids is 1. The van der Waals surface area contributed by atoms with Crippen molar-refractivity contribution in [1.29, 1.82) is 0 Å². The van der Waals surface area contributed by atoms with Crippen LogP contribution in [0.5, 0.6) is 0 Å². The second-order valence-electron chi connectivity index (χ2n) is 3.91. The fourth-order valence-electron chi connectivity index (χ4n) is 1.78. The molecule has 0 radical (unpaired) electrons. The van der Waals surface area contributed by atoms with E-state index in [9.17, 15) is 9.59 Å². The molecule has 0 aliphatic carbocycles. The summed E-state index contributed by atoms with van der Waals surface area (Å²) in [4.78, 5) is 21.9. The van der Waals surface area contributed by atoms with Crippen LogP contribution in [0.15, 0.2) is 6.20 Å². The number of aromatic nitrogens is 2. The number of hydrogen-bond acceptors (Lipinski definition) is 3. The van der Waals surface area contributed by atoms with E-state index in [1.165, 1.54) is 6.92 Å². The predicted octanol–water partition coefficient (Wildman–Crippen LogP) is 0.634. The molecule has 1 aromatic heterocycles. The molecule has 2 N–H and O–H groups in total. The Labute approximate surface area is 99.6 Å². The maximum atomic E-state index is 11.1. The van der Waals surface area contributed by atoms with Gasteiger partial charge in [-0.15, -0.1) is 0 Å². The van der Waals surface area contributed by atoms with E-state index < -0.39 is 12.0 Å². The average molecular weight is 239 g/mol. The van der Waals surface area contributed by atoms with Crippen molar-refractivity contribution in [2.24, 2.45) is 7.05 Å². The van der Waals surface area contributed by atoms with Gasteiger partial charge < -0.3 is 10.4 Å². The van der Waals surface area contributed by atoms with Gasteiger partial charge in [-0.1, -0.05) is 6.92 Å². The Balaban J connectivity index is 3.01. The molecular formula is C11H17N3O3. The van der Waals surface area contributed by atoms with Crippen molar-refractivity contribution >= 4 is 11.9 Å². The highest BCUT2D eigenvalue weighted by molar-refractivity contribution is 5.75. The SMILES string of the molecule is CCc1nn(C)cc1[C@@H](CC(=O)O)NC(C)=O. The van der Waals surface area contributed by atoms with Crippen molar-refractivity contribution < 1.29 is 14.7 Å². The summed E-state index contributed by atoms with van der Waals surface area (Å²) < 4.78 is 1.63. The third-order valence-corrected chi connectivity index (χ3v) is 2.40. The van der Waals surface area contributed by atoms with Gasteiger partial charge in [-0.2, -0.15) is 5.10 Å². The predicted molar refractivity (Wildman–Crippen MR) is 61.4 cm³/mol. The maximum Gasteiger partial charge on any atom is 0.305 e. The third kappa shape index (κ3) is 3.58. The minimum absolute atomic E-state index is 0.141. The molecule has 1 atom stereocenters. The van der Waals surface area contributed by atoms with Crippen LogP contribution in [0.1, 0.15) is 37.6 Å². The van der Waals surface area contributed by atoms with Gasteiger partial charge in [0.15, 0.2) is 0 Å². The Morgan fingerprint density at radius 2 is 2.24 bits per heavy atom. The second kappa shape index (κ2) is 5.47. The molecule has 0 saturated carbocycles. The van der Waals surface area contributed by atoms with E-state index in [4.69, 9.17) is 5.11 Å². The molecule has 0 aromatic carbocycles. The zero-order valence-electron chi connectivity index (χ0n) is 10.2. The molecule has 0 unspecified atom stereocenters. The Kier molecular flexibility index (Phi) is 4.25. The first-order chi connectivity index (χ1) is 7.93. The van der Waals surface area contributed by atoms with Crippen LogP contribution in [0.3, 0.4) is 0 Å². The molecule has 1 aromatic rings. The summed E-state index contributed by atoms with van der Waals surface area (Å²) in [7, 11) is 1.77. The van der Waals surface area contributed by atoms with Crippen molar-refractivity contribution in [2.45, 2.75) is 32.7 Å². The molecule has 0 fully saturated rings. The van der Waals surface area contributed by atoms with E-state index in [0.29, 0.717) is 6.42 Å². The average Bonchev–Trinajstić information content (AvgIpc) is 2.57. The molecule has 6 nitrogen and oxygen atoms in total. The van der Waals surface area contributed by atoms with Crippen LogP contribution in [0.2, 0.25) is 0 Å². The van der Waals surface area contributed by atoms with E-state index in [2.05, 4.69) is 10.4 Å². The van der Waals surface area contributed by atoms with Crippen molar-refractivity contribution in [1.82, 2.24) is 15.1 Å². The Hall–Kier alpha value is -1.85. The Morgan fingerprint density at radius 1 is 1.59 bits per heavy atom. The van der Waals surface area contributed by atoms with Crippen molar-refractivity contribution in [3.05, 3.63) is 17.5 Å². The Bertz CT molecular complexity index is 410. The lowest BCUT2D eigenvalue weighted by Gasteiger charge is -2.15. The van der Waals surface area contributed by atoms with Gasteiger partial charge in [-0.05, 0) is 6.42 Å². The molecule has 1 amide bonds. The summed E-state index contributed by atoms with van der Waals surface area (Å²) in [5, 5.41) is 15.7. The number of aliphatic carboxylic acids is 1. The monoisotopic (exact) mass is 239 g/mol. The molecule has 0 bridgehead atoms. The normalized spacial score (nSPS) is 12.2. The topological polar surface area (TPSA) is 84.2 Å². The fraction of sp³-hybridized carbons (Fsp3) is 0.545. The minimum atomic E-state index is -0.949. The number of nitrogens with one attached hydrogen (secondary N) is 1. The van der Waals surface area contributed by atoms with E-state index >= 15 is 0 Å². The zero-order chi connectivity index (χ0) is 13.0. The molecule has 0 spiro atoms. The van der Waals surface area contributed by atoms with Crippen LogP contribution in [0, 0.1) is 0 Å². The van der Waals surface area contributed by atoms with Crippen LogP contribution < -0.4 is 5.32 Å². The summed E-state index contributed by atoms with van der Waals surface area (Å²) in [5.41, 5.74) is 1.58. The van der Waals surface area contributed by atoms with E-state index in [0.717, 1.165) is 11.3 Å². The first kappa shape index (κ1) is 13.2. The van der Waals surface area contributed by atoms with Gasteiger partial charge in [0.1, 0.15) is 0 Å². The molecule has 0 aliphatic rings. The molecular weight excluding hydrogens is 222 g/mol. The van der Waals surface area contributed by atoms with Crippen LogP contribution >= 0.6 is 0 Å². The Morgan fingerprint density at radius 3 is 2.71 bits per heavy atom. The van der Waals surface area contributed by atoms with E-state index in [1.54, 1.807) is 17.9 Å². The first-order valence-electron chi connectivity index (χ1n) is 5.45. The fourth-order valence-corrected chi connectivity index (χ4v) is 1.78. The number of rotatable bonds is 5. The minimum Gasteiger partial charge on any atom is -0.481 e. The van der Waals surface area contributed by atoms with Crippen molar-refractivity contribution in [3.63, 3.8) is 0 Å². The lowest BCUT2D eigenvalue weighted by molar-refractivity contribution is -0.137. The van der Waals surface area contributed by atoms with Crippen LogP contribution in [0.25, 0.3) is 0 Å². The van der Waals surface area contributed by atoms with E-state index in [-0.39, 0.29) is 12.3 Å². The molecule has 1 rings (SSSR count). The highest BCUT2D eigenvalue weighted by atomic mass is 16.4. The van der Waals surface area contributed by atoms with Crippen LogP contribution in [-0.4, -0.2) is 26.8 Å². The third-order valence-electron chi connectivity index (χ3n) is 2.40. The number of hydrogen-bond donors (Lipinski definition) is 2. The lowest BCUT2D eigenvalue weighted by atomic mass is 10.0. The summed E-state index contributed by atoms with van der Waals surface area (Å²) in [5.74, 6) is -1.20. The molecule has 94 valence electrons. The number of carbonyl (C=O) groups is 2. The van der Waals surface area contributed by atoms with Gasteiger partial charge in [-0.3, -0.25) is 14.3 Å². The summed E-state index contributed by atoms with van der Waals surface area (Å²) in [6.45, 7) is 3.31. The van der Waals surface area contributed by atoms with Crippen LogP contribution in [-0.2, 0) is 23.1 Å². The summed E-state index contributed by atoms with van der Waals surface area (Å²) in [6.07, 6.45) is 2.31. The number of amides is 1. The zero-order valence-corrected chi connectivity index (χ0v) is 10.2. The van der Waals surface area contributed by atoms with Gasteiger partial charge >= 0.3 is 5.97 Å². The highest BCUT2D eigenvalue weighted by Gasteiger charge is 2.21. The van der Waals surface area contributed by atoms with Gasteiger partial charge in [0, 0.05) is 25.7 Å². The van der Waals surface area contributed by atoms with Crippen molar-refractivity contribution in [3.8, 4) is 0 Å². The van der Waals surface area contributed by atoms with E-state index in [1.807, 2.05) is 6.92 Å². The molecule has 1 heterocycles. The van der Waals surface area contributed by atoms with Gasteiger partial charge in [0.2, 0.25) is 5.91 Å². The summed E-state index contributed by atoms with van der Waals surface area (Å²) >= 11 is 0. The smallest absolute Gasteiger partial charge is 0.305 e. The number of aryl methyl sites for hydroxylation is 2. The number of nitrogens with zero attached hydrogens (tertiary/aromatic N) is 2. The van der Waals surface area contributed by atoms with Crippen LogP contribution in [0.4, 0.5) is 0 Å². The quantitative estimate of drug-likeness (QED) is 0.789. The largest absolute Gasteiger partial charge is 0.481 e.